The third kappa shape index (κ3) is 5.76. The molecule has 0 fully saturated rings. The summed E-state index contributed by atoms with van der Waals surface area (Å²) in [7, 11) is 0. The Balaban J connectivity index is 2.96. The highest BCUT2D eigenvalue weighted by atomic mass is 33.2. The number of rotatable bonds is 8. The second-order valence-electron chi connectivity index (χ2n) is 4.64. The van der Waals surface area contributed by atoms with Crippen molar-refractivity contribution in [2.45, 2.75) is 29.8 Å². The van der Waals surface area contributed by atoms with Gasteiger partial charge in [-0.25, -0.2) is 0 Å². The van der Waals surface area contributed by atoms with Crippen LogP contribution in [0, 0.1) is 11.3 Å². The zero-order valence-corrected chi connectivity index (χ0v) is 16.2. The molecule has 1 atom stereocenters. The molecule has 1 aromatic rings. The van der Waals surface area contributed by atoms with Crippen LogP contribution in [0.5, 0.6) is 0 Å². The van der Waals surface area contributed by atoms with Crippen LogP contribution in [0.3, 0.4) is 0 Å². The van der Waals surface area contributed by atoms with Crippen LogP contribution in [0.15, 0.2) is 29.2 Å². The van der Waals surface area contributed by atoms with Gasteiger partial charge >= 0.3 is 18.0 Å². The molecule has 0 heterocycles. The smallest absolute Gasteiger partial charge is 0.327 e. The van der Waals surface area contributed by atoms with Crippen LogP contribution < -0.4 is 0 Å². The largest absolute Gasteiger partial charge is 0.459 e. The topological polar surface area (TPSA) is 33.0 Å². The SMILES string of the molecule is CCSP(=S)(OCC(F)(F)C(F)(F)C(F)(F)F)Sc1ccc(C#N)cc1. The molecule has 1 rings (SSSR count). The Kier molecular flexibility index (Phi) is 7.88. The summed E-state index contributed by atoms with van der Waals surface area (Å²) in [6.07, 6.45) is -6.42. The third-order valence-corrected chi connectivity index (χ3v) is 11.6. The van der Waals surface area contributed by atoms with Gasteiger partial charge in [0.25, 0.3) is 0 Å². The molecule has 26 heavy (non-hydrogen) atoms. The first-order valence-corrected chi connectivity index (χ1v) is 12.4. The average molecular weight is 457 g/mol. The van der Waals surface area contributed by atoms with Crippen LogP contribution in [0.1, 0.15) is 12.5 Å². The highest BCUT2D eigenvalue weighted by molar-refractivity contribution is 8.99. The zero-order valence-electron chi connectivity index (χ0n) is 12.9. The number of benzene rings is 1. The van der Waals surface area contributed by atoms with Crippen molar-refractivity contribution < 1.29 is 35.3 Å². The summed E-state index contributed by atoms with van der Waals surface area (Å²) in [6, 6.07) is 7.61. The van der Waals surface area contributed by atoms with Gasteiger partial charge < -0.3 is 4.52 Å². The van der Waals surface area contributed by atoms with Crippen LogP contribution in [-0.4, -0.2) is 30.4 Å². The molecule has 0 aliphatic heterocycles. The highest BCUT2D eigenvalue weighted by Crippen LogP contribution is 2.72. The Morgan fingerprint density at radius 3 is 2.08 bits per heavy atom. The molecular weight excluding hydrogens is 446 g/mol. The Bertz CT molecular complexity index is 703. The minimum absolute atomic E-state index is 0.280. The van der Waals surface area contributed by atoms with Gasteiger partial charge in [0.15, 0.2) is 4.67 Å². The van der Waals surface area contributed by atoms with Crippen LogP contribution in [0.4, 0.5) is 30.7 Å². The lowest BCUT2D eigenvalue weighted by atomic mass is 10.2. The minimum Gasteiger partial charge on any atom is -0.327 e. The molecule has 1 aromatic carbocycles. The maximum Gasteiger partial charge on any atom is 0.459 e. The van der Waals surface area contributed by atoms with Gasteiger partial charge in [-0.15, -0.1) is 0 Å². The van der Waals surface area contributed by atoms with E-state index >= 15 is 0 Å². The molecule has 0 saturated heterocycles. The molecule has 0 aliphatic carbocycles. The summed E-state index contributed by atoms with van der Waals surface area (Å²) < 4.78 is 90.8. The Morgan fingerprint density at radius 1 is 1.12 bits per heavy atom. The Morgan fingerprint density at radius 2 is 1.65 bits per heavy atom. The van der Waals surface area contributed by atoms with E-state index in [1.807, 2.05) is 6.07 Å². The van der Waals surface area contributed by atoms with E-state index in [4.69, 9.17) is 21.6 Å². The van der Waals surface area contributed by atoms with Crippen molar-refractivity contribution in [3.05, 3.63) is 29.8 Å². The van der Waals surface area contributed by atoms with Crippen molar-refractivity contribution in [3.8, 4) is 6.07 Å². The van der Waals surface area contributed by atoms with Gasteiger partial charge in [0, 0.05) is 4.90 Å². The van der Waals surface area contributed by atoms with E-state index in [0.717, 1.165) is 22.8 Å². The lowest BCUT2D eigenvalue weighted by Crippen LogP contribution is -2.54. The van der Waals surface area contributed by atoms with Crippen molar-refractivity contribution in [2.24, 2.45) is 0 Å². The molecular formula is C13H11F7NOPS3. The second-order valence-corrected chi connectivity index (χ2v) is 15.3. The minimum atomic E-state index is -6.42. The Hall–Kier alpha value is -0.470. The summed E-state index contributed by atoms with van der Waals surface area (Å²) >= 11 is 6.79. The van der Waals surface area contributed by atoms with Crippen molar-refractivity contribution in [1.82, 2.24) is 0 Å². The van der Waals surface area contributed by atoms with Gasteiger partial charge in [0.1, 0.15) is 6.61 Å². The standard InChI is InChI=1S/C13H11F7NOPS3/c1-2-25-23(24,26-10-5-3-9(7-21)4-6-10)22-8-11(14,15)12(16,17)13(18,19)20/h3-6H,2,8H2,1H3. The van der Waals surface area contributed by atoms with E-state index in [1.54, 1.807) is 6.92 Å². The summed E-state index contributed by atoms with van der Waals surface area (Å²) in [5.41, 5.74) is 0.322. The quantitative estimate of drug-likeness (QED) is 0.330. The molecule has 0 N–H and O–H groups in total. The van der Waals surface area contributed by atoms with Gasteiger partial charge in [-0.1, -0.05) is 29.7 Å². The fourth-order valence-electron chi connectivity index (χ4n) is 1.43. The van der Waals surface area contributed by atoms with E-state index in [2.05, 4.69) is 0 Å². The van der Waals surface area contributed by atoms with Gasteiger partial charge in [-0.3, -0.25) is 0 Å². The molecule has 0 saturated carbocycles. The highest BCUT2D eigenvalue weighted by Gasteiger charge is 2.73. The van der Waals surface area contributed by atoms with Crippen LogP contribution in [0.25, 0.3) is 0 Å². The van der Waals surface area contributed by atoms with Crippen LogP contribution in [0.2, 0.25) is 0 Å². The average Bonchev–Trinajstić information content (AvgIpc) is 2.53. The van der Waals surface area contributed by atoms with Crippen LogP contribution >= 0.6 is 27.4 Å². The second kappa shape index (κ2) is 8.69. The van der Waals surface area contributed by atoms with Crippen molar-refractivity contribution >= 4 is 39.2 Å². The summed E-state index contributed by atoms with van der Waals surface area (Å²) in [6.45, 7) is -0.552. The number of nitriles is 1. The molecule has 146 valence electrons. The van der Waals surface area contributed by atoms with Crippen LogP contribution in [-0.2, 0) is 16.3 Å². The summed E-state index contributed by atoms with van der Waals surface area (Å²) in [5, 5.41) is 8.72. The molecule has 0 spiro atoms. The number of hydrogen-bond acceptors (Lipinski definition) is 5. The van der Waals surface area contributed by atoms with E-state index in [0.29, 0.717) is 10.5 Å². The van der Waals surface area contributed by atoms with Gasteiger partial charge in [-0.05, 0) is 41.8 Å². The lowest BCUT2D eigenvalue weighted by Gasteiger charge is -2.30. The fraction of sp³-hybridized carbons (Fsp3) is 0.462. The number of nitrogens with zero attached hydrogens (tertiary/aromatic N) is 1. The molecule has 0 radical (unpaired) electrons. The number of halogens is 7. The van der Waals surface area contributed by atoms with E-state index in [1.165, 1.54) is 24.3 Å². The molecule has 0 bridgehead atoms. The Labute approximate surface area is 158 Å². The lowest BCUT2D eigenvalue weighted by molar-refractivity contribution is -0.357. The third-order valence-electron chi connectivity index (χ3n) is 2.71. The van der Waals surface area contributed by atoms with Crippen molar-refractivity contribution in [1.29, 1.82) is 5.26 Å². The summed E-state index contributed by atoms with van der Waals surface area (Å²) in [4.78, 5) is 0.416. The molecule has 0 aliphatic rings. The first-order valence-electron chi connectivity index (χ1n) is 6.69. The molecule has 2 nitrogen and oxygen atoms in total. The monoisotopic (exact) mass is 457 g/mol. The van der Waals surface area contributed by atoms with E-state index in [9.17, 15) is 30.7 Å². The molecule has 1 unspecified atom stereocenters. The molecule has 0 amide bonds. The van der Waals surface area contributed by atoms with E-state index in [-0.39, 0.29) is 5.75 Å². The van der Waals surface area contributed by atoms with E-state index < -0.39 is 29.3 Å². The predicted octanol–water partition coefficient (Wildman–Crippen LogP) is 6.48. The van der Waals surface area contributed by atoms with Crippen molar-refractivity contribution in [3.63, 3.8) is 0 Å². The van der Waals surface area contributed by atoms with Gasteiger partial charge in [0.05, 0.1) is 11.6 Å². The van der Waals surface area contributed by atoms with Gasteiger partial charge in [-0.2, -0.15) is 36.0 Å². The first kappa shape index (κ1) is 23.6. The van der Waals surface area contributed by atoms with Gasteiger partial charge in [0.2, 0.25) is 0 Å². The fourth-order valence-corrected chi connectivity index (χ4v) is 9.78. The number of hydrogen-bond donors (Lipinski definition) is 0. The maximum absolute atomic E-state index is 13.4. The first-order chi connectivity index (χ1) is 11.8. The zero-order chi connectivity index (χ0) is 20.2. The van der Waals surface area contributed by atoms with Crippen molar-refractivity contribution in [2.75, 3.05) is 12.4 Å². The summed E-state index contributed by atoms with van der Waals surface area (Å²) in [5.74, 6) is -11.4. The molecule has 13 heteroatoms. The molecule has 0 aromatic heterocycles. The predicted molar refractivity (Wildman–Crippen MR) is 91.3 cm³/mol. The maximum atomic E-state index is 13.4. The number of alkyl halides is 7. The normalized spacial score (nSPS) is 15.3.